The molecule has 9 heteroatoms. The van der Waals surface area contributed by atoms with Crippen LogP contribution in [0.1, 0.15) is 11.1 Å². The Morgan fingerprint density at radius 1 is 1.09 bits per heavy atom. The monoisotopic (exact) mass is 584 g/mol. The fraction of sp³-hybridized carbons (Fsp3) is 0.348. The molecule has 2 aliphatic heterocycles. The highest BCUT2D eigenvalue weighted by atomic mass is 127. The Hall–Kier alpha value is -1.78. The molecule has 6 nitrogen and oxygen atoms in total. The molecule has 0 aromatic heterocycles. The summed E-state index contributed by atoms with van der Waals surface area (Å²) in [7, 11) is 0. The van der Waals surface area contributed by atoms with Crippen LogP contribution in [0.5, 0.6) is 0 Å². The van der Waals surface area contributed by atoms with E-state index in [0.717, 1.165) is 11.1 Å². The second-order valence-electron chi connectivity index (χ2n) is 7.79. The quantitative estimate of drug-likeness (QED) is 0.223. The number of rotatable bonds is 8. The maximum atomic E-state index is 13.1. The van der Waals surface area contributed by atoms with Crippen LogP contribution in [0, 0.1) is 0 Å². The number of nitrogens with one attached hydrogen (secondary N) is 1. The lowest BCUT2D eigenvalue weighted by atomic mass is 9.95. The zero-order valence-corrected chi connectivity index (χ0v) is 20.8. The van der Waals surface area contributed by atoms with Crippen molar-refractivity contribution in [3.63, 3.8) is 0 Å². The van der Waals surface area contributed by atoms with Crippen molar-refractivity contribution < 1.29 is 19.1 Å². The molecule has 2 aliphatic rings. The molecule has 2 fully saturated rings. The summed E-state index contributed by atoms with van der Waals surface area (Å²) < 4.78 is 5.46. The average molecular weight is 585 g/mol. The average Bonchev–Trinajstić information content (AvgIpc) is 3.14. The number of esters is 1. The summed E-state index contributed by atoms with van der Waals surface area (Å²) in [5, 5.41) is 2.50. The Morgan fingerprint density at radius 3 is 2.31 bits per heavy atom. The van der Waals surface area contributed by atoms with Crippen molar-refractivity contribution >= 4 is 63.7 Å². The Morgan fingerprint density at radius 2 is 1.72 bits per heavy atom. The molecule has 2 heterocycles. The lowest BCUT2D eigenvalue weighted by molar-refractivity contribution is -0.165. The zero-order valence-electron chi connectivity index (χ0n) is 17.1. The molecule has 3 unspecified atom stereocenters. The molecular formula is C23H22ClIN2O4S. The first-order valence-corrected chi connectivity index (χ1v) is 13.1. The SMILES string of the molecule is O=C(Cc1ccccc1)NC1C(=O)N2C(C(=O)OCc3ccccc3)C(CCl)(CI)S[C@@H]12. The predicted octanol–water partition coefficient (Wildman–Crippen LogP) is 3.15. The number of benzene rings is 2. The van der Waals surface area contributed by atoms with Crippen molar-refractivity contribution in [1.29, 1.82) is 0 Å². The van der Waals surface area contributed by atoms with Crippen molar-refractivity contribution in [2.24, 2.45) is 0 Å². The number of amides is 2. The van der Waals surface area contributed by atoms with Gasteiger partial charge in [-0.2, -0.15) is 0 Å². The molecule has 2 amide bonds. The third kappa shape index (κ3) is 4.49. The van der Waals surface area contributed by atoms with Gasteiger partial charge in [-0.25, -0.2) is 4.79 Å². The predicted molar refractivity (Wildman–Crippen MR) is 133 cm³/mol. The van der Waals surface area contributed by atoms with Crippen molar-refractivity contribution in [3.05, 3.63) is 71.8 Å². The summed E-state index contributed by atoms with van der Waals surface area (Å²) in [6, 6.07) is 17.3. The molecule has 4 rings (SSSR count). The first kappa shape index (κ1) is 23.4. The van der Waals surface area contributed by atoms with Crippen LogP contribution in [-0.4, -0.2) is 55.2 Å². The minimum Gasteiger partial charge on any atom is -0.459 e. The van der Waals surface area contributed by atoms with Crippen molar-refractivity contribution in [1.82, 2.24) is 10.2 Å². The number of thioether (sulfide) groups is 1. The van der Waals surface area contributed by atoms with Gasteiger partial charge in [-0.05, 0) is 11.1 Å². The molecular weight excluding hydrogens is 563 g/mol. The van der Waals surface area contributed by atoms with Gasteiger partial charge in [0.05, 0.1) is 11.2 Å². The number of carbonyl (C=O) groups excluding carboxylic acids is 3. The van der Waals surface area contributed by atoms with E-state index >= 15 is 0 Å². The van der Waals surface area contributed by atoms with E-state index in [1.807, 2.05) is 60.7 Å². The van der Waals surface area contributed by atoms with Gasteiger partial charge in [-0.1, -0.05) is 83.3 Å². The Bertz CT molecular complexity index is 990. The van der Waals surface area contributed by atoms with E-state index in [-0.39, 0.29) is 36.1 Å². The fourth-order valence-corrected chi connectivity index (χ4v) is 7.54. The van der Waals surface area contributed by atoms with Crippen LogP contribution in [0.4, 0.5) is 0 Å². The van der Waals surface area contributed by atoms with Gasteiger partial charge in [0.2, 0.25) is 11.8 Å². The summed E-state index contributed by atoms with van der Waals surface area (Å²) in [4.78, 5) is 40.1. The van der Waals surface area contributed by atoms with E-state index in [1.54, 1.807) is 0 Å². The summed E-state index contributed by atoms with van der Waals surface area (Å²) in [6.07, 6.45) is 0.192. The van der Waals surface area contributed by atoms with Crippen LogP contribution < -0.4 is 5.32 Å². The van der Waals surface area contributed by atoms with Crippen molar-refractivity contribution in [2.75, 3.05) is 10.3 Å². The number of nitrogens with zero attached hydrogens (tertiary/aromatic N) is 1. The summed E-state index contributed by atoms with van der Waals surface area (Å²) in [5.74, 6) is -0.779. The highest BCUT2D eigenvalue weighted by Gasteiger charge is 2.67. The van der Waals surface area contributed by atoms with Gasteiger partial charge in [0, 0.05) is 10.3 Å². The minimum absolute atomic E-state index is 0.129. The maximum absolute atomic E-state index is 13.1. The van der Waals surface area contributed by atoms with Gasteiger partial charge in [0.1, 0.15) is 24.1 Å². The Balaban J connectivity index is 1.45. The standard InChI is InChI=1S/C23H22ClIN2O4S/c24-13-23(14-25)19(22(30)31-12-16-9-5-2-6-10-16)27-20(29)18(21(27)32-23)26-17(28)11-15-7-3-1-4-8-15/h1-10,18-19,21H,11-14H2,(H,26,28)/t18?,19?,21-,23?/m0/s1. The van der Waals surface area contributed by atoms with Crippen LogP contribution >= 0.6 is 46.0 Å². The zero-order chi connectivity index (χ0) is 22.7. The number of hydrogen-bond donors (Lipinski definition) is 1. The molecule has 4 atom stereocenters. The number of β-lactam (4-membered cyclic amide) rings is 1. The fourth-order valence-electron chi connectivity index (χ4n) is 3.96. The summed E-state index contributed by atoms with van der Waals surface area (Å²) in [6.45, 7) is 0.129. The van der Waals surface area contributed by atoms with Crippen LogP contribution in [0.3, 0.4) is 0 Å². The highest BCUT2D eigenvalue weighted by Crippen LogP contribution is 2.52. The molecule has 0 radical (unpaired) electrons. The molecule has 168 valence electrons. The first-order chi connectivity index (χ1) is 15.5. The normalized spacial score (nSPS) is 26.2. The largest absolute Gasteiger partial charge is 0.459 e. The van der Waals surface area contributed by atoms with E-state index in [2.05, 4.69) is 27.9 Å². The molecule has 0 spiro atoms. The van der Waals surface area contributed by atoms with E-state index in [0.29, 0.717) is 4.43 Å². The third-order valence-electron chi connectivity index (χ3n) is 5.64. The van der Waals surface area contributed by atoms with Gasteiger partial charge in [-0.15, -0.1) is 23.4 Å². The smallest absolute Gasteiger partial charge is 0.330 e. The number of ether oxygens (including phenoxy) is 1. The molecule has 0 saturated carbocycles. The molecule has 2 saturated heterocycles. The molecule has 2 aromatic carbocycles. The van der Waals surface area contributed by atoms with Gasteiger partial charge >= 0.3 is 5.97 Å². The van der Waals surface area contributed by atoms with Crippen molar-refractivity contribution in [3.8, 4) is 0 Å². The number of halogens is 2. The number of fused-ring (bicyclic) bond motifs is 1. The van der Waals surface area contributed by atoms with Gasteiger partial charge in [0.25, 0.3) is 0 Å². The number of alkyl halides is 2. The second-order valence-corrected chi connectivity index (χ2v) is 10.4. The lowest BCUT2D eigenvalue weighted by Crippen LogP contribution is -2.71. The number of hydrogen-bond acceptors (Lipinski definition) is 5. The molecule has 2 aromatic rings. The van der Waals surface area contributed by atoms with Gasteiger partial charge < -0.3 is 15.0 Å². The first-order valence-electron chi connectivity index (χ1n) is 10.1. The summed E-state index contributed by atoms with van der Waals surface area (Å²) in [5.41, 5.74) is 1.74. The van der Waals surface area contributed by atoms with Crippen LogP contribution in [-0.2, 0) is 32.1 Å². The van der Waals surface area contributed by atoms with E-state index in [9.17, 15) is 14.4 Å². The highest BCUT2D eigenvalue weighted by molar-refractivity contribution is 14.1. The lowest BCUT2D eigenvalue weighted by Gasteiger charge is -2.44. The minimum atomic E-state index is -0.787. The summed E-state index contributed by atoms with van der Waals surface area (Å²) >= 11 is 10.00. The Kier molecular flexibility index (Phi) is 7.31. The van der Waals surface area contributed by atoms with Crippen molar-refractivity contribution in [2.45, 2.75) is 35.2 Å². The molecule has 0 aliphatic carbocycles. The maximum Gasteiger partial charge on any atom is 0.330 e. The van der Waals surface area contributed by atoms with Gasteiger partial charge in [0.15, 0.2) is 0 Å². The topological polar surface area (TPSA) is 75.7 Å². The second kappa shape index (κ2) is 10.0. The van der Waals surface area contributed by atoms with E-state index < -0.39 is 22.8 Å². The third-order valence-corrected chi connectivity index (χ3v) is 9.87. The van der Waals surface area contributed by atoms with E-state index in [1.165, 1.54) is 16.7 Å². The van der Waals surface area contributed by atoms with E-state index in [4.69, 9.17) is 16.3 Å². The van der Waals surface area contributed by atoms with Crippen LogP contribution in [0.15, 0.2) is 60.7 Å². The van der Waals surface area contributed by atoms with Gasteiger partial charge in [-0.3, -0.25) is 9.59 Å². The number of carbonyl (C=O) groups is 3. The molecule has 1 N–H and O–H groups in total. The molecule has 32 heavy (non-hydrogen) atoms. The van der Waals surface area contributed by atoms with Crippen LogP contribution in [0.25, 0.3) is 0 Å². The Labute approximate surface area is 209 Å². The molecule has 0 bridgehead atoms. The van der Waals surface area contributed by atoms with Crippen LogP contribution in [0.2, 0.25) is 0 Å².